The molecule has 3 fully saturated rings. The largest absolute Gasteiger partial charge is 0.377 e. The molecule has 30 heavy (non-hydrogen) atoms. The van der Waals surface area contributed by atoms with Crippen LogP contribution in [0.4, 0.5) is 0 Å². The molecule has 1 spiro atoms. The molecule has 2 saturated carbocycles. The molecule has 0 radical (unpaired) electrons. The Kier molecular flexibility index (Phi) is 8.01. The van der Waals surface area contributed by atoms with Crippen LogP contribution in [0.3, 0.4) is 0 Å². The van der Waals surface area contributed by atoms with Gasteiger partial charge in [0, 0.05) is 49.7 Å². The Morgan fingerprint density at radius 3 is 2.83 bits per heavy atom. The normalized spacial score (nSPS) is 26.5. The Morgan fingerprint density at radius 1 is 1.30 bits per heavy atom. The summed E-state index contributed by atoms with van der Waals surface area (Å²) in [6.07, 6.45) is 7.62. The second kappa shape index (κ2) is 10.3. The van der Waals surface area contributed by atoms with Crippen LogP contribution in [0, 0.1) is 11.3 Å². The Labute approximate surface area is 197 Å². The second-order valence-electron chi connectivity index (χ2n) is 8.60. The number of carbonyl (C=O) groups excluding carboxylic acids is 1. The third-order valence-electron chi connectivity index (χ3n) is 7.01. The molecule has 0 bridgehead atoms. The fraction of sp³-hybridized carbons (Fsp3) is 0.652. The van der Waals surface area contributed by atoms with E-state index in [2.05, 4.69) is 28.9 Å². The first kappa shape index (κ1) is 23.3. The summed E-state index contributed by atoms with van der Waals surface area (Å²) in [5.41, 5.74) is 2.15. The molecular weight excluding hydrogens is 491 g/mol. The van der Waals surface area contributed by atoms with Gasteiger partial charge in [-0.2, -0.15) is 0 Å². The number of nitrogens with one attached hydrogen (secondary N) is 3. The van der Waals surface area contributed by atoms with Crippen LogP contribution in [0.5, 0.6) is 0 Å². The molecule has 1 amide bonds. The van der Waals surface area contributed by atoms with Gasteiger partial charge in [-0.05, 0) is 50.3 Å². The third-order valence-corrected chi connectivity index (χ3v) is 7.01. The highest BCUT2D eigenvalue weighted by Gasteiger charge is 2.65. The highest BCUT2D eigenvalue weighted by Crippen LogP contribution is 2.60. The van der Waals surface area contributed by atoms with Crippen LogP contribution < -0.4 is 16.0 Å². The fourth-order valence-corrected chi connectivity index (χ4v) is 5.68. The predicted molar refractivity (Wildman–Crippen MR) is 131 cm³/mol. The second-order valence-corrected chi connectivity index (χ2v) is 8.60. The monoisotopic (exact) mass is 526 g/mol. The lowest BCUT2D eigenvalue weighted by Gasteiger charge is -2.57. The number of carbonyl (C=O) groups is 1. The SMILES string of the molecule is CCNC(=NCCc1cccc(C(=O)NC)c1)NC1C2CCOC2C12CCCC2.I. The maximum Gasteiger partial charge on any atom is 0.251 e. The molecule has 1 aliphatic heterocycles. The molecule has 0 aromatic heterocycles. The van der Waals surface area contributed by atoms with Crippen LogP contribution >= 0.6 is 24.0 Å². The number of rotatable bonds is 6. The molecular formula is C23H35IN4O2. The minimum atomic E-state index is -0.0504. The number of hydrogen-bond acceptors (Lipinski definition) is 3. The van der Waals surface area contributed by atoms with Crippen molar-refractivity contribution in [3.05, 3.63) is 35.4 Å². The molecule has 1 heterocycles. The molecule has 166 valence electrons. The summed E-state index contributed by atoms with van der Waals surface area (Å²) in [5, 5.41) is 9.88. The standard InChI is InChI=1S/C23H34N4O2.HI/c1-3-25-22(26-13-9-16-7-6-8-17(15-16)21(28)24-2)27-19-18-10-14-29-20(18)23(19)11-4-5-12-23;/h6-8,15,18-20H,3-5,9-14H2,1-2H3,(H,24,28)(H2,25,26,27);1H. The zero-order valence-electron chi connectivity index (χ0n) is 18.1. The molecule has 3 unspecified atom stereocenters. The number of benzene rings is 1. The molecule has 6 nitrogen and oxygen atoms in total. The Bertz CT molecular complexity index is 763. The van der Waals surface area contributed by atoms with Crippen molar-refractivity contribution in [3.63, 3.8) is 0 Å². The maximum atomic E-state index is 11.8. The fourth-order valence-electron chi connectivity index (χ4n) is 5.68. The third kappa shape index (κ3) is 4.47. The number of amides is 1. The van der Waals surface area contributed by atoms with Crippen LogP contribution in [-0.2, 0) is 11.2 Å². The van der Waals surface area contributed by atoms with Crippen molar-refractivity contribution in [1.29, 1.82) is 0 Å². The summed E-state index contributed by atoms with van der Waals surface area (Å²) in [4.78, 5) is 16.7. The van der Waals surface area contributed by atoms with Gasteiger partial charge in [0.05, 0.1) is 6.10 Å². The average molecular weight is 526 g/mol. The van der Waals surface area contributed by atoms with E-state index < -0.39 is 0 Å². The van der Waals surface area contributed by atoms with Gasteiger partial charge in [0.1, 0.15) is 0 Å². The summed E-state index contributed by atoms with van der Waals surface area (Å²) < 4.78 is 6.11. The van der Waals surface area contributed by atoms with Gasteiger partial charge in [0.25, 0.3) is 5.91 Å². The Morgan fingerprint density at radius 2 is 2.10 bits per heavy atom. The van der Waals surface area contributed by atoms with Gasteiger partial charge in [-0.3, -0.25) is 9.79 Å². The average Bonchev–Trinajstić information content (AvgIpc) is 3.40. The number of hydrogen-bond donors (Lipinski definition) is 3. The molecule has 2 aliphatic carbocycles. The van der Waals surface area contributed by atoms with Crippen LogP contribution in [-0.4, -0.2) is 50.8 Å². The Hall–Kier alpha value is -1.35. The summed E-state index contributed by atoms with van der Waals surface area (Å²) in [7, 11) is 1.66. The van der Waals surface area contributed by atoms with Crippen molar-refractivity contribution in [3.8, 4) is 0 Å². The van der Waals surface area contributed by atoms with E-state index in [-0.39, 0.29) is 29.9 Å². The van der Waals surface area contributed by atoms with E-state index in [4.69, 9.17) is 9.73 Å². The molecule has 1 aromatic carbocycles. The van der Waals surface area contributed by atoms with Crippen LogP contribution in [0.2, 0.25) is 0 Å². The smallest absolute Gasteiger partial charge is 0.251 e. The molecule has 3 atom stereocenters. The van der Waals surface area contributed by atoms with E-state index in [1.165, 1.54) is 25.7 Å². The van der Waals surface area contributed by atoms with Crippen molar-refractivity contribution in [2.24, 2.45) is 16.3 Å². The lowest BCUT2D eigenvalue weighted by atomic mass is 9.54. The van der Waals surface area contributed by atoms with Crippen molar-refractivity contribution in [2.45, 2.75) is 57.6 Å². The molecule has 3 N–H and O–H groups in total. The number of fused-ring (bicyclic) bond motifs is 2. The van der Waals surface area contributed by atoms with E-state index in [0.717, 1.165) is 37.5 Å². The lowest BCUT2D eigenvalue weighted by Crippen LogP contribution is -2.69. The quantitative estimate of drug-likeness (QED) is 0.303. The zero-order chi connectivity index (χ0) is 20.3. The van der Waals surface area contributed by atoms with Gasteiger partial charge in [-0.15, -0.1) is 24.0 Å². The van der Waals surface area contributed by atoms with Gasteiger partial charge < -0.3 is 20.7 Å². The number of nitrogens with zero attached hydrogens (tertiary/aromatic N) is 1. The molecule has 4 rings (SSSR count). The van der Waals surface area contributed by atoms with Crippen molar-refractivity contribution in [1.82, 2.24) is 16.0 Å². The lowest BCUT2D eigenvalue weighted by molar-refractivity contribution is -0.125. The first-order valence-electron chi connectivity index (χ1n) is 11.2. The number of guanidine groups is 1. The van der Waals surface area contributed by atoms with Gasteiger partial charge >= 0.3 is 0 Å². The molecule has 1 aromatic rings. The van der Waals surface area contributed by atoms with Gasteiger partial charge in [0.2, 0.25) is 0 Å². The first-order valence-corrected chi connectivity index (χ1v) is 11.2. The molecule has 3 aliphatic rings. The van der Waals surface area contributed by atoms with E-state index >= 15 is 0 Å². The van der Waals surface area contributed by atoms with Gasteiger partial charge in [-0.1, -0.05) is 25.0 Å². The minimum Gasteiger partial charge on any atom is -0.377 e. The van der Waals surface area contributed by atoms with Crippen molar-refractivity contribution >= 4 is 35.8 Å². The molecule has 1 saturated heterocycles. The topological polar surface area (TPSA) is 74.8 Å². The summed E-state index contributed by atoms with van der Waals surface area (Å²) in [5.74, 6) is 1.49. The van der Waals surface area contributed by atoms with E-state index in [1.807, 2.05) is 18.2 Å². The molecule has 7 heteroatoms. The van der Waals surface area contributed by atoms with E-state index in [1.54, 1.807) is 7.05 Å². The van der Waals surface area contributed by atoms with E-state index in [0.29, 0.717) is 35.6 Å². The van der Waals surface area contributed by atoms with Gasteiger partial charge in [0.15, 0.2) is 5.96 Å². The summed E-state index contributed by atoms with van der Waals surface area (Å²) in [6, 6.07) is 8.27. The van der Waals surface area contributed by atoms with Crippen LogP contribution in [0.1, 0.15) is 54.9 Å². The predicted octanol–water partition coefficient (Wildman–Crippen LogP) is 3.11. The van der Waals surface area contributed by atoms with Crippen molar-refractivity contribution < 1.29 is 9.53 Å². The summed E-state index contributed by atoms with van der Waals surface area (Å²) in [6.45, 7) is 4.56. The maximum absolute atomic E-state index is 11.8. The summed E-state index contributed by atoms with van der Waals surface area (Å²) >= 11 is 0. The highest BCUT2D eigenvalue weighted by atomic mass is 127. The number of halogens is 1. The minimum absolute atomic E-state index is 0. The zero-order valence-corrected chi connectivity index (χ0v) is 20.4. The van der Waals surface area contributed by atoms with E-state index in [9.17, 15) is 4.79 Å². The Balaban J connectivity index is 0.00000256. The van der Waals surface area contributed by atoms with Gasteiger partial charge in [-0.25, -0.2) is 0 Å². The van der Waals surface area contributed by atoms with Crippen molar-refractivity contribution in [2.75, 3.05) is 26.7 Å². The van der Waals surface area contributed by atoms with Crippen LogP contribution in [0.25, 0.3) is 0 Å². The highest BCUT2D eigenvalue weighted by molar-refractivity contribution is 14.0. The number of ether oxygens (including phenoxy) is 1. The first-order chi connectivity index (χ1) is 14.2. The number of aliphatic imine (C=N–C) groups is 1. The van der Waals surface area contributed by atoms with Crippen LogP contribution in [0.15, 0.2) is 29.3 Å².